The van der Waals surface area contributed by atoms with Crippen molar-refractivity contribution in [2.45, 2.75) is 39.5 Å². The van der Waals surface area contributed by atoms with Crippen LogP contribution in [0.3, 0.4) is 0 Å². The fourth-order valence-corrected chi connectivity index (χ4v) is 1.74. The van der Waals surface area contributed by atoms with Gasteiger partial charge in [-0.3, -0.25) is 0 Å². The average molecular weight is 295 g/mol. The molecule has 21 heavy (non-hydrogen) atoms. The van der Waals surface area contributed by atoms with Crippen LogP contribution in [0, 0.1) is 11.6 Å². The number of ether oxygens (including phenoxy) is 1. The molecular formula is C16H19F2NO2. The van der Waals surface area contributed by atoms with E-state index in [0.29, 0.717) is 6.54 Å². The highest BCUT2D eigenvalue weighted by Crippen LogP contribution is 2.21. The number of hydrogen-bond acceptors (Lipinski definition) is 3. The van der Waals surface area contributed by atoms with Crippen LogP contribution in [0.25, 0.3) is 0 Å². The molecule has 114 valence electrons. The quantitative estimate of drug-likeness (QED) is 0.904. The van der Waals surface area contributed by atoms with Gasteiger partial charge in [-0.05, 0) is 39.0 Å². The summed E-state index contributed by atoms with van der Waals surface area (Å²) < 4.78 is 37.3. The third-order valence-electron chi connectivity index (χ3n) is 2.89. The van der Waals surface area contributed by atoms with Crippen LogP contribution in [0.15, 0.2) is 34.9 Å². The van der Waals surface area contributed by atoms with E-state index in [9.17, 15) is 8.78 Å². The van der Waals surface area contributed by atoms with Gasteiger partial charge in [0.05, 0.1) is 12.8 Å². The summed E-state index contributed by atoms with van der Waals surface area (Å²) in [5.41, 5.74) is 0.759. The maximum atomic E-state index is 13.5. The van der Waals surface area contributed by atoms with Gasteiger partial charge in [0, 0.05) is 17.2 Å². The summed E-state index contributed by atoms with van der Waals surface area (Å²) in [6, 6.07) is 4.89. The second kappa shape index (κ2) is 6.26. The second-order valence-corrected chi connectivity index (χ2v) is 5.84. The lowest BCUT2D eigenvalue weighted by atomic mass is 10.1. The molecule has 1 aromatic carbocycles. The van der Waals surface area contributed by atoms with E-state index in [1.54, 1.807) is 12.3 Å². The first-order valence-electron chi connectivity index (χ1n) is 6.73. The van der Waals surface area contributed by atoms with Crippen molar-refractivity contribution in [1.82, 2.24) is 5.32 Å². The maximum Gasteiger partial charge on any atom is 0.165 e. The zero-order valence-corrected chi connectivity index (χ0v) is 12.4. The van der Waals surface area contributed by atoms with Gasteiger partial charge in [0.1, 0.15) is 18.2 Å². The Morgan fingerprint density at radius 2 is 1.95 bits per heavy atom. The van der Waals surface area contributed by atoms with Gasteiger partial charge in [0.25, 0.3) is 0 Å². The van der Waals surface area contributed by atoms with Crippen LogP contribution in [-0.4, -0.2) is 5.54 Å². The van der Waals surface area contributed by atoms with Gasteiger partial charge in [-0.2, -0.15) is 0 Å². The molecule has 0 bridgehead atoms. The first kappa shape index (κ1) is 15.5. The molecule has 0 aliphatic rings. The van der Waals surface area contributed by atoms with Gasteiger partial charge >= 0.3 is 0 Å². The summed E-state index contributed by atoms with van der Waals surface area (Å²) in [6.45, 7) is 6.82. The largest absolute Gasteiger partial charge is 0.486 e. The smallest absolute Gasteiger partial charge is 0.165 e. The van der Waals surface area contributed by atoms with Crippen LogP contribution in [-0.2, 0) is 13.2 Å². The van der Waals surface area contributed by atoms with Gasteiger partial charge in [0.15, 0.2) is 11.6 Å². The molecule has 0 fully saturated rings. The molecule has 1 N–H and O–H groups in total. The highest BCUT2D eigenvalue weighted by atomic mass is 19.1. The first-order valence-corrected chi connectivity index (χ1v) is 6.73. The van der Waals surface area contributed by atoms with Crippen molar-refractivity contribution in [3.05, 3.63) is 53.5 Å². The van der Waals surface area contributed by atoms with E-state index in [0.717, 1.165) is 29.5 Å². The molecule has 0 radical (unpaired) electrons. The van der Waals surface area contributed by atoms with Gasteiger partial charge in [-0.25, -0.2) is 8.78 Å². The Bertz CT molecular complexity index is 603. The predicted octanol–water partition coefficient (Wildman–Crippen LogP) is 4.02. The molecule has 2 rings (SSSR count). The van der Waals surface area contributed by atoms with Crippen LogP contribution in [0.5, 0.6) is 5.75 Å². The molecule has 0 amide bonds. The Balaban J connectivity index is 2.01. The average Bonchev–Trinajstić information content (AvgIpc) is 2.84. The number of rotatable bonds is 5. The highest BCUT2D eigenvalue weighted by molar-refractivity contribution is 5.26. The maximum absolute atomic E-state index is 13.5. The van der Waals surface area contributed by atoms with Gasteiger partial charge in [-0.1, -0.05) is 0 Å². The lowest BCUT2D eigenvalue weighted by Crippen LogP contribution is -2.35. The zero-order chi connectivity index (χ0) is 15.5. The van der Waals surface area contributed by atoms with Crippen molar-refractivity contribution < 1.29 is 17.9 Å². The number of benzene rings is 1. The Morgan fingerprint density at radius 3 is 2.67 bits per heavy atom. The Labute approximate surface area is 122 Å². The summed E-state index contributed by atoms with van der Waals surface area (Å²) in [5, 5.41) is 3.30. The third-order valence-corrected chi connectivity index (χ3v) is 2.89. The topological polar surface area (TPSA) is 34.4 Å². The standard InChI is InChI=1S/C16H19F2NO2/c1-16(2,3)19-9-15-11(6-7-20-15)10-21-14-8-12(17)4-5-13(14)18/h4-8,19H,9-10H2,1-3H3. The number of nitrogens with one attached hydrogen (secondary N) is 1. The fourth-order valence-electron chi connectivity index (χ4n) is 1.74. The van der Waals surface area contributed by atoms with E-state index >= 15 is 0 Å². The van der Waals surface area contributed by atoms with Crippen molar-refractivity contribution in [2.24, 2.45) is 0 Å². The van der Waals surface area contributed by atoms with E-state index in [1.807, 2.05) is 20.8 Å². The zero-order valence-electron chi connectivity index (χ0n) is 12.4. The van der Waals surface area contributed by atoms with Gasteiger partial charge < -0.3 is 14.5 Å². The Morgan fingerprint density at radius 1 is 1.19 bits per heavy atom. The summed E-state index contributed by atoms with van der Waals surface area (Å²) in [5.74, 6) is -0.504. The molecule has 5 heteroatoms. The number of furan rings is 1. The normalized spacial score (nSPS) is 11.7. The molecule has 0 unspecified atom stereocenters. The van der Waals surface area contributed by atoms with Crippen molar-refractivity contribution >= 4 is 0 Å². The number of halogens is 2. The molecule has 0 aliphatic heterocycles. The molecule has 2 aromatic rings. The predicted molar refractivity (Wildman–Crippen MR) is 76.0 cm³/mol. The van der Waals surface area contributed by atoms with E-state index < -0.39 is 11.6 Å². The highest BCUT2D eigenvalue weighted by Gasteiger charge is 2.13. The lowest BCUT2D eigenvalue weighted by Gasteiger charge is -2.20. The summed E-state index contributed by atoms with van der Waals surface area (Å²) in [4.78, 5) is 0. The van der Waals surface area contributed by atoms with E-state index in [4.69, 9.17) is 9.15 Å². The van der Waals surface area contributed by atoms with Crippen LogP contribution in [0.2, 0.25) is 0 Å². The fraction of sp³-hybridized carbons (Fsp3) is 0.375. The van der Waals surface area contributed by atoms with E-state index in [1.165, 1.54) is 0 Å². The molecule has 3 nitrogen and oxygen atoms in total. The lowest BCUT2D eigenvalue weighted by molar-refractivity contribution is 0.283. The van der Waals surface area contributed by atoms with Gasteiger partial charge in [-0.15, -0.1) is 0 Å². The summed E-state index contributed by atoms with van der Waals surface area (Å²) >= 11 is 0. The van der Waals surface area contributed by atoms with Crippen molar-refractivity contribution in [1.29, 1.82) is 0 Å². The van der Waals surface area contributed by atoms with Crippen LogP contribution in [0.4, 0.5) is 8.78 Å². The molecular weight excluding hydrogens is 276 g/mol. The first-order chi connectivity index (χ1) is 9.85. The third kappa shape index (κ3) is 4.56. The molecule has 0 saturated heterocycles. The number of hydrogen-bond donors (Lipinski definition) is 1. The SMILES string of the molecule is CC(C)(C)NCc1occc1COc1cc(F)ccc1F. The molecule has 1 aromatic heterocycles. The van der Waals surface area contributed by atoms with E-state index in [-0.39, 0.29) is 17.9 Å². The Kier molecular flexibility index (Phi) is 4.63. The monoisotopic (exact) mass is 295 g/mol. The summed E-state index contributed by atoms with van der Waals surface area (Å²) in [6.07, 6.45) is 1.56. The molecule has 0 spiro atoms. The minimum Gasteiger partial charge on any atom is -0.486 e. The summed E-state index contributed by atoms with van der Waals surface area (Å²) in [7, 11) is 0. The molecule has 1 heterocycles. The van der Waals surface area contributed by atoms with Crippen LogP contribution in [0.1, 0.15) is 32.1 Å². The second-order valence-electron chi connectivity index (χ2n) is 5.84. The Hall–Kier alpha value is -1.88. The minimum absolute atomic E-state index is 0.0421. The van der Waals surface area contributed by atoms with Crippen molar-refractivity contribution in [3.63, 3.8) is 0 Å². The van der Waals surface area contributed by atoms with Crippen LogP contribution < -0.4 is 10.1 Å². The van der Waals surface area contributed by atoms with E-state index in [2.05, 4.69) is 5.32 Å². The minimum atomic E-state index is -0.589. The van der Waals surface area contributed by atoms with Gasteiger partial charge in [0.2, 0.25) is 0 Å². The van der Waals surface area contributed by atoms with Crippen molar-refractivity contribution in [2.75, 3.05) is 0 Å². The molecule has 0 atom stereocenters. The van der Waals surface area contributed by atoms with Crippen molar-refractivity contribution in [3.8, 4) is 5.75 Å². The van der Waals surface area contributed by atoms with Crippen LogP contribution >= 0.6 is 0 Å². The molecule has 0 aliphatic carbocycles. The molecule has 0 saturated carbocycles.